The second-order valence-electron chi connectivity index (χ2n) is 9.03. The molecule has 2 aliphatic heterocycles. The maximum absolute atomic E-state index is 15.3. The Morgan fingerprint density at radius 1 is 1.24 bits per heavy atom. The summed E-state index contributed by atoms with van der Waals surface area (Å²) in [7, 11) is 0. The fourth-order valence-electron chi connectivity index (χ4n) is 5.25. The maximum atomic E-state index is 15.3. The zero-order valence-electron chi connectivity index (χ0n) is 19.6. The van der Waals surface area contributed by atoms with E-state index in [2.05, 4.69) is 25.5 Å². The number of amides is 1. The van der Waals surface area contributed by atoms with Gasteiger partial charge in [0.05, 0.1) is 28.6 Å². The number of aromatic nitrogens is 7. The van der Waals surface area contributed by atoms with E-state index in [0.29, 0.717) is 42.0 Å². The molecule has 2 N–H and O–H groups in total. The number of imidazole rings is 1. The van der Waals surface area contributed by atoms with Crippen molar-refractivity contribution < 1.29 is 23.4 Å². The van der Waals surface area contributed by atoms with Gasteiger partial charge in [0, 0.05) is 29.3 Å². The minimum atomic E-state index is -0.854. The van der Waals surface area contributed by atoms with Crippen LogP contribution in [0.25, 0.3) is 22.5 Å². The normalized spacial score (nSPS) is 19.1. The van der Waals surface area contributed by atoms with E-state index in [4.69, 9.17) is 11.6 Å². The van der Waals surface area contributed by atoms with E-state index in [-0.39, 0.29) is 32.8 Å². The van der Waals surface area contributed by atoms with Gasteiger partial charge >= 0.3 is 0 Å². The van der Waals surface area contributed by atoms with Crippen molar-refractivity contribution in [1.29, 1.82) is 0 Å². The summed E-state index contributed by atoms with van der Waals surface area (Å²) in [6.07, 6.45) is 6.84. The minimum Gasteiger partial charge on any atom is -0.618 e. The van der Waals surface area contributed by atoms with Gasteiger partial charge in [-0.1, -0.05) is 11.6 Å². The molecule has 1 aromatic carbocycles. The summed E-state index contributed by atoms with van der Waals surface area (Å²) in [5, 5.41) is 32.0. The molecule has 0 radical (unpaired) electrons. The number of tetrazole rings is 1. The van der Waals surface area contributed by atoms with Gasteiger partial charge in [-0.25, -0.2) is 9.37 Å². The van der Waals surface area contributed by atoms with Crippen molar-refractivity contribution >= 4 is 23.1 Å². The van der Waals surface area contributed by atoms with Crippen LogP contribution in [-0.2, 0) is 11.4 Å². The molecule has 14 heteroatoms. The van der Waals surface area contributed by atoms with Gasteiger partial charge in [-0.05, 0) is 47.4 Å². The van der Waals surface area contributed by atoms with Gasteiger partial charge in [-0.2, -0.15) is 13.8 Å². The van der Waals surface area contributed by atoms with Gasteiger partial charge in [-0.15, -0.1) is 5.10 Å². The van der Waals surface area contributed by atoms with Crippen LogP contribution in [0.3, 0.4) is 0 Å². The molecule has 11 nitrogen and oxygen atoms in total. The number of hydrogen-bond donors (Lipinski definition) is 2. The number of benzene rings is 1. The fraction of sp³-hybridized carbons (Fsp3) is 0.250. The van der Waals surface area contributed by atoms with E-state index in [9.17, 15) is 19.5 Å². The van der Waals surface area contributed by atoms with Crippen LogP contribution in [-0.4, -0.2) is 52.1 Å². The summed E-state index contributed by atoms with van der Waals surface area (Å²) in [6.45, 7) is -0.756. The first-order valence-corrected chi connectivity index (χ1v) is 12.1. The lowest BCUT2D eigenvalue weighted by atomic mass is 9.92. The number of nitrogens with one attached hydrogen (secondary N) is 1. The minimum absolute atomic E-state index is 0.0770. The Labute approximate surface area is 218 Å². The number of halogens is 3. The van der Waals surface area contributed by atoms with Crippen LogP contribution in [0.4, 0.5) is 8.78 Å². The van der Waals surface area contributed by atoms with Gasteiger partial charge in [0.25, 0.3) is 5.69 Å². The predicted octanol–water partition coefficient (Wildman–Crippen LogP) is 2.63. The molecule has 2 aliphatic rings. The summed E-state index contributed by atoms with van der Waals surface area (Å²) in [5.41, 5.74) is 0.990. The molecule has 0 saturated carbocycles. The number of rotatable bonds is 5. The summed E-state index contributed by atoms with van der Waals surface area (Å²) < 4.78 is 31.6. The Morgan fingerprint density at radius 2 is 2.08 bits per heavy atom. The average molecular weight is 541 g/mol. The molecular formula is C24H19ClF2N8O3. The monoisotopic (exact) mass is 540 g/mol. The zero-order valence-corrected chi connectivity index (χ0v) is 20.3. The second-order valence-corrected chi connectivity index (χ2v) is 9.44. The Morgan fingerprint density at radius 3 is 2.84 bits per heavy atom. The molecule has 6 rings (SSSR count). The van der Waals surface area contributed by atoms with Crippen molar-refractivity contribution in [3.8, 4) is 16.9 Å². The lowest BCUT2D eigenvalue weighted by Gasteiger charge is -2.33. The highest BCUT2D eigenvalue weighted by Crippen LogP contribution is 2.44. The molecule has 0 bridgehead atoms. The molecule has 194 valence electrons. The first-order valence-electron chi connectivity index (χ1n) is 11.7. The van der Waals surface area contributed by atoms with Crippen LogP contribution < -0.4 is 4.73 Å². The zero-order chi connectivity index (χ0) is 26.6. The highest BCUT2D eigenvalue weighted by atomic mass is 35.5. The number of H-pyrrole nitrogens is 1. The first kappa shape index (κ1) is 24.1. The van der Waals surface area contributed by atoms with Crippen LogP contribution in [0.5, 0.6) is 0 Å². The molecule has 1 saturated heterocycles. The van der Waals surface area contributed by atoms with E-state index in [1.54, 1.807) is 11.0 Å². The molecular weight excluding hydrogens is 522 g/mol. The largest absolute Gasteiger partial charge is 0.618 e. The van der Waals surface area contributed by atoms with Crippen LogP contribution >= 0.6 is 11.6 Å². The lowest BCUT2D eigenvalue weighted by Crippen LogP contribution is -2.39. The molecule has 38 heavy (non-hydrogen) atoms. The third kappa shape index (κ3) is 3.82. The van der Waals surface area contributed by atoms with Crippen LogP contribution in [0.2, 0.25) is 5.02 Å². The molecule has 1 amide bonds. The molecule has 2 unspecified atom stereocenters. The number of hydrogen-bond acceptors (Lipinski definition) is 7. The van der Waals surface area contributed by atoms with Gasteiger partial charge in [0.2, 0.25) is 11.7 Å². The van der Waals surface area contributed by atoms with Crippen molar-refractivity contribution in [2.75, 3.05) is 0 Å². The maximum Gasteiger partial charge on any atom is 0.254 e. The standard InChI is InChI=1S/C24H19ClF2N8O3/c25-15-2-4-17(33-11-29-31-32-33)21(23(15)27)12-7-13-1-3-18(35(13)20(37)8-12)24-28-9-16(30-24)14-5-6-34(38)19(10-36)22(14)26/h2,4-6,8-9,11,13,18,36H,1,3,7,10H2,(H,28,30). The molecule has 3 aromatic heterocycles. The average Bonchev–Trinajstić information content (AvgIpc) is 3.67. The number of carbonyl (C=O) groups excluding carboxylic acids is 1. The summed E-state index contributed by atoms with van der Waals surface area (Å²) in [6, 6.07) is 3.66. The quantitative estimate of drug-likeness (QED) is 0.293. The van der Waals surface area contributed by atoms with Crippen molar-refractivity contribution in [3.63, 3.8) is 0 Å². The number of carbonyl (C=O) groups is 1. The van der Waals surface area contributed by atoms with E-state index >= 15 is 4.39 Å². The molecule has 1 fully saturated rings. The molecule has 0 aliphatic carbocycles. The first-order chi connectivity index (χ1) is 18.4. The van der Waals surface area contributed by atoms with Crippen molar-refractivity contribution in [1.82, 2.24) is 35.1 Å². The SMILES string of the molecule is O=C1C=C(c2c(-n3cnnn3)ccc(Cl)c2F)CC2CCC(c3ncc(-c4cc[n+]([O-])c(CO)c4F)[nH]3)N12. The van der Waals surface area contributed by atoms with Crippen molar-refractivity contribution in [2.45, 2.75) is 38.0 Å². The van der Waals surface area contributed by atoms with Crippen LogP contribution in [0.1, 0.15) is 42.4 Å². The number of pyridine rings is 1. The molecule has 2 atom stereocenters. The summed E-state index contributed by atoms with van der Waals surface area (Å²) in [5.74, 6) is -1.38. The van der Waals surface area contributed by atoms with Crippen molar-refractivity contribution in [3.05, 3.63) is 81.9 Å². The number of aromatic amines is 1. The number of fused-ring (bicyclic) bond motifs is 1. The number of nitrogens with zero attached hydrogens (tertiary/aromatic N) is 7. The van der Waals surface area contributed by atoms with E-state index in [1.165, 1.54) is 35.4 Å². The number of aliphatic hydroxyl groups excluding tert-OH is 1. The van der Waals surface area contributed by atoms with Crippen LogP contribution in [0.15, 0.2) is 43.0 Å². The topological polar surface area (TPSA) is 140 Å². The van der Waals surface area contributed by atoms with Gasteiger partial charge in [0.15, 0.2) is 12.0 Å². The number of aliphatic hydroxyl groups is 1. The smallest absolute Gasteiger partial charge is 0.254 e. The molecule has 5 heterocycles. The van der Waals surface area contributed by atoms with E-state index < -0.39 is 30.0 Å². The Hall–Kier alpha value is -4.23. The summed E-state index contributed by atoms with van der Waals surface area (Å²) in [4.78, 5) is 22.5. The van der Waals surface area contributed by atoms with Crippen molar-refractivity contribution in [2.24, 2.45) is 0 Å². The predicted molar refractivity (Wildman–Crippen MR) is 128 cm³/mol. The summed E-state index contributed by atoms with van der Waals surface area (Å²) >= 11 is 6.08. The van der Waals surface area contributed by atoms with Gasteiger partial charge in [-0.3, -0.25) is 4.79 Å². The Balaban J connectivity index is 1.32. The molecule has 4 aromatic rings. The van der Waals surface area contributed by atoms with E-state index in [1.807, 2.05) is 0 Å². The van der Waals surface area contributed by atoms with Gasteiger partial charge in [0.1, 0.15) is 18.8 Å². The lowest BCUT2D eigenvalue weighted by molar-refractivity contribution is -0.618. The van der Waals surface area contributed by atoms with Crippen LogP contribution in [0, 0.1) is 16.8 Å². The molecule has 0 spiro atoms. The fourth-order valence-corrected chi connectivity index (χ4v) is 5.41. The second kappa shape index (κ2) is 9.26. The third-order valence-electron chi connectivity index (χ3n) is 6.98. The van der Waals surface area contributed by atoms with E-state index in [0.717, 1.165) is 6.20 Å². The highest BCUT2D eigenvalue weighted by Gasteiger charge is 2.42. The third-order valence-corrected chi connectivity index (χ3v) is 7.28. The Kier molecular flexibility index (Phi) is 5.88. The Bertz CT molecular complexity index is 1590. The highest BCUT2D eigenvalue weighted by molar-refractivity contribution is 6.31. The van der Waals surface area contributed by atoms with Gasteiger partial charge < -0.3 is 20.2 Å².